The number of methoxy groups -OCH3 is 1. The average Bonchev–Trinajstić information content (AvgIpc) is 2.72. The Balaban J connectivity index is 1.83. The van der Waals surface area contributed by atoms with Crippen LogP contribution in [0.1, 0.15) is 31.7 Å². The standard InChI is InChI=1S/C23H28N4O/c1-17(2)18-10-12-20(13-11-18)25-23-26-21(19-8-5-4-6-9-19)16-22(27-23)24-14-7-15-28-3/h4-6,8-13,16-17H,7,14-15H2,1-3H3,(H2,24,25,26,27). The first-order chi connectivity index (χ1) is 13.7. The van der Waals surface area contributed by atoms with Crippen molar-refractivity contribution in [1.29, 1.82) is 0 Å². The predicted molar refractivity (Wildman–Crippen MR) is 116 cm³/mol. The van der Waals surface area contributed by atoms with Crippen LogP contribution in [-0.4, -0.2) is 30.2 Å². The molecule has 0 saturated carbocycles. The fourth-order valence-electron chi connectivity index (χ4n) is 2.86. The van der Waals surface area contributed by atoms with E-state index in [1.807, 2.05) is 24.3 Å². The van der Waals surface area contributed by atoms with Gasteiger partial charge in [0.2, 0.25) is 5.95 Å². The van der Waals surface area contributed by atoms with Gasteiger partial charge in [0, 0.05) is 37.6 Å². The molecule has 2 aromatic carbocycles. The van der Waals surface area contributed by atoms with Gasteiger partial charge < -0.3 is 15.4 Å². The lowest BCUT2D eigenvalue weighted by Crippen LogP contribution is -2.08. The Kier molecular flexibility index (Phi) is 6.98. The Morgan fingerprint density at radius 3 is 2.39 bits per heavy atom. The molecule has 0 aliphatic rings. The van der Waals surface area contributed by atoms with Crippen LogP contribution in [0.2, 0.25) is 0 Å². The van der Waals surface area contributed by atoms with Gasteiger partial charge in [0.15, 0.2) is 0 Å². The second-order valence-electron chi connectivity index (χ2n) is 7.00. The highest BCUT2D eigenvalue weighted by Crippen LogP contribution is 2.24. The van der Waals surface area contributed by atoms with E-state index in [0.717, 1.165) is 42.3 Å². The van der Waals surface area contributed by atoms with Crippen LogP contribution in [0.15, 0.2) is 60.7 Å². The molecule has 0 atom stereocenters. The van der Waals surface area contributed by atoms with Crippen molar-refractivity contribution in [3.8, 4) is 11.3 Å². The van der Waals surface area contributed by atoms with Gasteiger partial charge in [-0.3, -0.25) is 0 Å². The summed E-state index contributed by atoms with van der Waals surface area (Å²) in [6.07, 6.45) is 0.917. The van der Waals surface area contributed by atoms with Crippen LogP contribution in [0.25, 0.3) is 11.3 Å². The number of rotatable bonds is 9. The number of hydrogen-bond acceptors (Lipinski definition) is 5. The predicted octanol–water partition coefficient (Wildman–Crippen LogP) is 5.46. The second-order valence-corrected chi connectivity index (χ2v) is 7.00. The number of nitrogens with zero attached hydrogens (tertiary/aromatic N) is 2. The highest BCUT2D eigenvalue weighted by Gasteiger charge is 2.08. The van der Waals surface area contributed by atoms with Crippen LogP contribution >= 0.6 is 0 Å². The maximum absolute atomic E-state index is 5.12. The Morgan fingerprint density at radius 2 is 1.71 bits per heavy atom. The third-order valence-corrected chi connectivity index (χ3v) is 4.46. The minimum Gasteiger partial charge on any atom is -0.385 e. The smallest absolute Gasteiger partial charge is 0.229 e. The van der Waals surface area contributed by atoms with Crippen molar-refractivity contribution in [2.24, 2.45) is 0 Å². The topological polar surface area (TPSA) is 59.1 Å². The summed E-state index contributed by atoms with van der Waals surface area (Å²) in [7, 11) is 1.71. The summed E-state index contributed by atoms with van der Waals surface area (Å²) in [6.45, 7) is 5.89. The van der Waals surface area contributed by atoms with Crippen molar-refractivity contribution < 1.29 is 4.74 Å². The molecule has 5 heteroatoms. The van der Waals surface area contributed by atoms with Crippen molar-refractivity contribution in [2.75, 3.05) is 30.9 Å². The lowest BCUT2D eigenvalue weighted by molar-refractivity contribution is 0.198. The Bertz CT molecular complexity index is 864. The molecule has 1 heterocycles. The van der Waals surface area contributed by atoms with Gasteiger partial charge in [-0.05, 0) is 30.0 Å². The fraction of sp³-hybridized carbons (Fsp3) is 0.304. The van der Waals surface area contributed by atoms with Crippen molar-refractivity contribution in [2.45, 2.75) is 26.2 Å². The fourth-order valence-corrected chi connectivity index (χ4v) is 2.86. The van der Waals surface area contributed by atoms with Crippen molar-refractivity contribution in [3.05, 3.63) is 66.2 Å². The molecular formula is C23H28N4O. The lowest BCUT2D eigenvalue weighted by atomic mass is 10.0. The molecule has 0 bridgehead atoms. The van der Waals surface area contributed by atoms with E-state index >= 15 is 0 Å². The van der Waals surface area contributed by atoms with Crippen LogP contribution < -0.4 is 10.6 Å². The van der Waals surface area contributed by atoms with Gasteiger partial charge in [0.05, 0.1) is 5.69 Å². The zero-order valence-electron chi connectivity index (χ0n) is 16.8. The molecule has 0 unspecified atom stereocenters. The summed E-state index contributed by atoms with van der Waals surface area (Å²) in [6, 6.07) is 20.5. The van der Waals surface area contributed by atoms with E-state index in [9.17, 15) is 0 Å². The largest absolute Gasteiger partial charge is 0.385 e. The highest BCUT2D eigenvalue weighted by atomic mass is 16.5. The van der Waals surface area contributed by atoms with Gasteiger partial charge in [-0.1, -0.05) is 56.3 Å². The van der Waals surface area contributed by atoms with Crippen molar-refractivity contribution >= 4 is 17.5 Å². The van der Waals surface area contributed by atoms with E-state index < -0.39 is 0 Å². The molecule has 3 rings (SSSR count). The Hall–Kier alpha value is -2.92. The van der Waals surface area contributed by atoms with Crippen molar-refractivity contribution in [3.63, 3.8) is 0 Å². The maximum Gasteiger partial charge on any atom is 0.229 e. The van der Waals surface area contributed by atoms with Gasteiger partial charge in [0.1, 0.15) is 5.82 Å². The van der Waals surface area contributed by atoms with E-state index in [4.69, 9.17) is 9.72 Å². The summed E-state index contributed by atoms with van der Waals surface area (Å²) >= 11 is 0. The van der Waals surface area contributed by atoms with E-state index in [-0.39, 0.29) is 0 Å². The van der Waals surface area contributed by atoms with Gasteiger partial charge in [0.25, 0.3) is 0 Å². The summed E-state index contributed by atoms with van der Waals surface area (Å²) in [5.74, 6) is 1.88. The molecule has 0 fully saturated rings. The third-order valence-electron chi connectivity index (χ3n) is 4.46. The number of hydrogen-bond donors (Lipinski definition) is 2. The molecule has 0 aliphatic carbocycles. The Labute approximate surface area is 167 Å². The van der Waals surface area contributed by atoms with Crippen LogP contribution in [0, 0.1) is 0 Å². The first-order valence-electron chi connectivity index (χ1n) is 9.70. The van der Waals surface area contributed by atoms with Gasteiger partial charge in [-0.2, -0.15) is 4.98 Å². The number of nitrogens with one attached hydrogen (secondary N) is 2. The van der Waals surface area contributed by atoms with Gasteiger partial charge in [-0.25, -0.2) is 4.98 Å². The second kappa shape index (κ2) is 9.85. The van der Waals surface area contributed by atoms with Gasteiger partial charge >= 0.3 is 0 Å². The van der Waals surface area contributed by atoms with Crippen LogP contribution in [0.4, 0.5) is 17.5 Å². The minimum absolute atomic E-state index is 0.509. The summed E-state index contributed by atoms with van der Waals surface area (Å²) < 4.78 is 5.12. The molecule has 0 spiro atoms. The van der Waals surface area contributed by atoms with Crippen LogP contribution in [0.3, 0.4) is 0 Å². The highest BCUT2D eigenvalue weighted by molar-refractivity contribution is 5.66. The van der Waals surface area contributed by atoms with E-state index in [1.54, 1.807) is 7.11 Å². The molecule has 3 aromatic rings. The minimum atomic E-state index is 0.509. The first-order valence-corrected chi connectivity index (χ1v) is 9.70. The maximum atomic E-state index is 5.12. The monoisotopic (exact) mass is 376 g/mol. The normalized spacial score (nSPS) is 10.9. The molecule has 2 N–H and O–H groups in total. The van der Waals surface area contributed by atoms with E-state index in [1.165, 1.54) is 5.56 Å². The summed E-state index contributed by atoms with van der Waals surface area (Å²) in [5, 5.41) is 6.70. The molecule has 0 radical (unpaired) electrons. The number of anilines is 3. The van der Waals surface area contributed by atoms with Crippen LogP contribution in [-0.2, 0) is 4.74 Å². The number of ether oxygens (including phenoxy) is 1. The number of aromatic nitrogens is 2. The Morgan fingerprint density at radius 1 is 0.964 bits per heavy atom. The molecule has 1 aromatic heterocycles. The third kappa shape index (κ3) is 5.54. The quantitative estimate of drug-likeness (QED) is 0.486. The molecule has 0 amide bonds. The zero-order valence-corrected chi connectivity index (χ0v) is 16.8. The van der Waals surface area contributed by atoms with Gasteiger partial charge in [-0.15, -0.1) is 0 Å². The summed E-state index contributed by atoms with van der Waals surface area (Å²) in [4.78, 5) is 9.35. The first kappa shape index (κ1) is 19.8. The summed E-state index contributed by atoms with van der Waals surface area (Å²) in [5.41, 5.74) is 4.22. The van der Waals surface area contributed by atoms with Crippen molar-refractivity contribution in [1.82, 2.24) is 9.97 Å². The van der Waals surface area contributed by atoms with Crippen LogP contribution in [0.5, 0.6) is 0 Å². The number of benzene rings is 2. The molecular weight excluding hydrogens is 348 g/mol. The molecule has 5 nitrogen and oxygen atoms in total. The van der Waals surface area contributed by atoms with E-state index in [2.05, 4.69) is 65.9 Å². The molecule has 146 valence electrons. The zero-order chi connectivity index (χ0) is 19.8. The SMILES string of the molecule is COCCCNc1cc(-c2ccccc2)nc(Nc2ccc(C(C)C)cc2)n1. The molecule has 28 heavy (non-hydrogen) atoms. The lowest BCUT2D eigenvalue weighted by Gasteiger charge is -2.12. The molecule has 0 saturated heterocycles. The molecule has 0 aliphatic heterocycles. The van der Waals surface area contributed by atoms with E-state index in [0.29, 0.717) is 11.9 Å². The average molecular weight is 377 g/mol.